The highest BCUT2D eigenvalue weighted by Crippen LogP contribution is 2.26. The van der Waals surface area contributed by atoms with Crippen molar-refractivity contribution in [2.45, 2.75) is 18.9 Å². The van der Waals surface area contributed by atoms with Crippen molar-refractivity contribution in [3.63, 3.8) is 0 Å². The van der Waals surface area contributed by atoms with Crippen LogP contribution in [0.4, 0.5) is 10.5 Å². The molecule has 1 aliphatic heterocycles. The Morgan fingerprint density at radius 1 is 1.31 bits per heavy atom. The molecule has 6 heteroatoms. The van der Waals surface area contributed by atoms with Gasteiger partial charge in [0.05, 0.1) is 12.6 Å². The van der Waals surface area contributed by atoms with Crippen LogP contribution in [0.1, 0.15) is 12.8 Å². The zero-order chi connectivity index (χ0) is 17.9. The van der Waals surface area contributed by atoms with E-state index in [1.807, 2.05) is 53.4 Å². The number of urea groups is 1. The molecule has 0 radical (unpaired) electrons. The number of anilines is 1. The van der Waals surface area contributed by atoms with Crippen molar-refractivity contribution in [3.8, 4) is 11.5 Å². The summed E-state index contributed by atoms with van der Waals surface area (Å²) >= 11 is 0. The number of aromatic nitrogens is 1. The summed E-state index contributed by atoms with van der Waals surface area (Å²) in [7, 11) is 1.66. The van der Waals surface area contributed by atoms with E-state index in [2.05, 4.69) is 10.3 Å². The monoisotopic (exact) mass is 351 g/mol. The van der Waals surface area contributed by atoms with Crippen LogP contribution in [0.3, 0.4) is 0 Å². The predicted molar refractivity (Wildman–Crippen MR) is 100 cm³/mol. The molecule has 134 valence electrons. The predicted octanol–water partition coefficient (Wildman–Crippen LogP) is 4.14. The summed E-state index contributed by atoms with van der Waals surface area (Å²) < 4.78 is 11.0. The lowest BCUT2D eigenvalue weighted by Gasteiger charge is -2.24. The van der Waals surface area contributed by atoms with E-state index in [-0.39, 0.29) is 12.1 Å². The Morgan fingerprint density at radius 3 is 2.96 bits per heavy atom. The molecule has 2 aromatic carbocycles. The van der Waals surface area contributed by atoms with Gasteiger partial charge in [-0.05, 0) is 43.2 Å². The fourth-order valence-electron chi connectivity index (χ4n) is 3.37. The van der Waals surface area contributed by atoms with E-state index < -0.39 is 0 Å². The number of carbonyl (C=O) groups excluding carboxylic acids is 1. The number of nitrogens with zero attached hydrogens (tertiary/aromatic N) is 2. The van der Waals surface area contributed by atoms with Gasteiger partial charge in [-0.2, -0.15) is 0 Å². The van der Waals surface area contributed by atoms with Crippen LogP contribution < -0.4 is 5.32 Å². The lowest BCUT2D eigenvalue weighted by atomic mass is 10.2. The Labute approximate surface area is 151 Å². The van der Waals surface area contributed by atoms with Gasteiger partial charge in [0, 0.05) is 24.9 Å². The minimum Gasteiger partial charge on any atom is -0.436 e. The third-order valence-electron chi connectivity index (χ3n) is 4.66. The molecule has 2 amide bonds. The molecular weight excluding hydrogens is 330 g/mol. The third kappa shape index (κ3) is 3.28. The van der Waals surface area contributed by atoms with Crippen molar-refractivity contribution in [3.05, 3.63) is 48.5 Å². The van der Waals surface area contributed by atoms with E-state index in [0.29, 0.717) is 23.8 Å². The number of hydrogen-bond acceptors (Lipinski definition) is 4. The van der Waals surface area contributed by atoms with Crippen molar-refractivity contribution < 1.29 is 13.9 Å². The summed E-state index contributed by atoms with van der Waals surface area (Å²) in [6.45, 7) is 1.32. The maximum atomic E-state index is 12.6. The van der Waals surface area contributed by atoms with E-state index in [4.69, 9.17) is 9.15 Å². The maximum Gasteiger partial charge on any atom is 0.322 e. The number of rotatable bonds is 4. The molecule has 0 aliphatic carbocycles. The highest BCUT2D eigenvalue weighted by Gasteiger charge is 2.28. The average Bonchev–Trinajstić information content (AvgIpc) is 3.29. The van der Waals surface area contributed by atoms with Gasteiger partial charge in [0.25, 0.3) is 0 Å². The van der Waals surface area contributed by atoms with Crippen LogP contribution in [0.5, 0.6) is 0 Å². The Balaban J connectivity index is 1.53. The van der Waals surface area contributed by atoms with Crippen molar-refractivity contribution in [1.82, 2.24) is 9.88 Å². The van der Waals surface area contributed by atoms with E-state index in [1.165, 1.54) is 0 Å². The molecule has 2 heterocycles. The average molecular weight is 351 g/mol. The molecule has 1 atom stereocenters. The highest BCUT2D eigenvalue weighted by atomic mass is 16.5. The Hall–Kier alpha value is -2.86. The number of benzene rings is 2. The van der Waals surface area contributed by atoms with Crippen LogP contribution >= 0.6 is 0 Å². The minimum absolute atomic E-state index is 0.101. The number of likely N-dealkylation sites (tertiary alicyclic amines) is 1. The normalized spacial score (nSPS) is 17.0. The zero-order valence-corrected chi connectivity index (χ0v) is 14.6. The molecule has 0 bridgehead atoms. The van der Waals surface area contributed by atoms with Gasteiger partial charge < -0.3 is 19.4 Å². The molecule has 6 nitrogen and oxygen atoms in total. The molecule has 0 spiro atoms. The van der Waals surface area contributed by atoms with Gasteiger partial charge in [-0.15, -0.1) is 0 Å². The maximum absolute atomic E-state index is 12.6. The first-order valence-electron chi connectivity index (χ1n) is 8.77. The van der Waals surface area contributed by atoms with E-state index in [1.54, 1.807) is 7.11 Å². The number of fused-ring (bicyclic) bond motifs is 1. The lowest BCUT2D eigenvalue weighted by molar-refractivity contribution is 0.128. The van der Waals surface area contributed by atoms with Crippen molar-refractivity contribution in [1.29, 1.82) is 0 Å². The van der Waals surface area contributed by atoms with Crippen LogP contribution in [0.25, 0.3) is 22.6 Å². The molecule has 4 rings (SSSR count). The van der Waals surface area contributed by atoms with Gasteiger partial charge in [0.15, 0.2) is 5.58 Å². The van der Waals surface area contributed by atoms with Crippen LogP contribution in [0.2, 0.25) is 0 Å². The Morgan fingerprint density at radius 2 is 2.15 bits per heavy atom. The van der Waals surface area contributed by atoms with Crippen molar-refractivity contribution in [2.75, 3.05) is 25.6 Å². The number of oxazole rings is 1. The van der Waals surface area contributed by atoms with Crippen molar-refractivity contribution in [2.24, 2.45) is 0 Å². The second-order valence-electron chi connectivity index (χ2n) is 6.44. The first kappa shape index (κ1) is 16.6. The zero-order valence-electron chi connectivity index (χ0n) is 14.6. The molecule has 1 N–H and O–H groups in total. The summed E-state index contributed by atoms with van der Waals surface area (Å²) in [5.74, 6) is 0.573. The van der Waals surface area contributed by atoms with Gasteiger partial charge >= 0.3 is 6.03 Å². The molecular formula is C20H21N3O3. The fourth-order valence-corrected chi connectivity index (χ4v) is 3.37. The quantitative estimate of drug-likeness (QED) is 0.767. The topological polar surface area (TPSA) is 67.6 Å². The fraction of sp³-hybridized carbons (Fsp3) is 0.300. The van der Waals surface area contributed by atoms with Crippen LogP contribution in [-0.4, -0.2) is 42.2 Å². The van der Waals surface area contributed by atoms with E-state index in [9.17, 15) is 4.79 Å². The summed E-state index contributed by atoms with van der Waals surface area (Å²) in [5, 5.41) is 2.96. The molecule has 26 heavy (non-hydrogen) atoms. The Kier molecular flexibility index (Phi) is 4.58. The van der Waals surface area contributed by atoms with Gasteiger partial charge in [0.1, 0.15) is 5.52 Å². The van der Waals surface area contributed by atoms with E-state index >= 15 is 0 Å². The minimum atomic E-state index is -0.101. The smallest absolute Gasteiger partial charge is 0.322 e. The molecule has 3 aromatic rings. The second-order valence-corrected chi connectivity index (χ2v) is 6.44. The first-order chi connectivity index (χ1) is 12.7. The van der Waals surface area contributed by atoms with Crippen LogP contribution in [0.15, 0.2) is 52.9 Å². The molecule has 1 aromatic heterocycles. The third-order valence-corrected chi connectivity index (χ3v) is 4.66. The summed E-state index contributed by atoms with van der Waals surface area (Å²) in [6, 6.07) is 15.3. The van der Waals surface area contributed by atoms with Gasteiger partial charge in [-0.1, -0.05) is 18.2 Å². The first-order valence-corrected chi connectivity index (χ1v) is 8.77. The molecule has 1 saturated heterocycles. The highest BCUT2D eigenvalue weighted by molar-refractivity contribution is 5.92. The number of carbonyl (C=O) groups is 1. The molecule has 1 aliphatic rings. The SMILES string of the molecule is COCC1CCCN1C(=O)Nc1ccc2oc(-c3ccccc3)nc2c1. The number of nitrogens with one attached hydrogen (secondary N) is 1. The largest absolute Gasteiger partial charge is 0.436 e. The van der Waals surface area contributed by atoms with Crippen molar-refractivity contribution >= 4 is 22.8 Å². The summed E-state index contributed by atoms with van der Waals surface area (Å²) in [6.07, 6.45) is 1.98. The molecule has 0 saturated carbocycles. The standard InChI is InChI=1S/C20H21N3O3/c1-25-13-16-8-5-11-23(16)20(24)21-15-9-10-18-17(12-15)22-19(26-18)14-6-3-2-4-7-14/h2-4,6-7,9-10,12,16H,5,8,11,13H2,1H3,(H,21,24). The van der Waals surface area contributed by atoms with Gasteiger partial charge in [0.2, 0.25) is 5.89 Å². The van der Waals surface area contributed by atoms with Crippen LogP contribution in [0, 0.1) is 0 Å². The number of ether oxygens (including phenoxy) is 1. The number of amides is 2. The van der Waals surface area contributed by atoms with Gasteiger partial charge in [-0.25, -0.2) is 9.78 Å². The number of methoxy groups -OCH3 is 1. The second kappa shape index (κ2) is 7.17. The Bertz CT molecular complexity index is 907. The number of hydrogen-bond donors (Lipinski definition) is 1. The molecule has 1 fully saturated rings. The van der Waals surface area contributed by atoms with E-state index in [0.717, 1.165) is 30.5 Å². The molecule has 1 unspecified atom stereocenters. The summed E-state index contributed by atoms with van der Waals surface area (Å²) in [5.41, 5.74) is 3.05. The van der Waals surface area contributed by atoms with Gasteiger partial charge in [-0.3, -0.25) is 0 Å². The lowest BCUT2D eigenvalue weighted by Crippen LogP contribution is -2.40. The van der Waals surface area contributed by atoms with Crippen LogP contribution in [-0.2, 0) is 4.74 Å². The summed E-state index contributed by atoms with van der Waals surface area (Å²) in [4.78, 5) is 19.0.